The smallest absolute Gasteiger partial charge is 0.306 e. The van der Waals surface area contributed by atoms with Crippen molar-refractivity contribution in [3.8, 4) is 0 Å². The minimum atomic E-state index is -0.0699. The van der Waals surface area contributed by atoms with Crippen molar-refractivity contribution >= 4 is 17.9 Å². The summed E-state index contributed by atoms with van der Waals surface area (Å²) < 4.78 is 17.3. The van der Waals surface area contributed by atoms with Crippen LogP contribution < -0.4 is 0 Å². The van der Waals surface area contributed by atoms with Crippen molar-refractivity contribution in [3.05, 3.63) is 0 Å². The number of nitrogens with zero attached hydrogens (tertiary/aromatic N) is 1. The standard InChI is InChI=1S/C45H81NO6/c1-5-7-15-22-36(23-16-8-6-2)29-31-50-43(47)26-19-13-9-11-17-24-39(52-45(49)28-21-30-46(3)4)25-18-12-10-14-20-27-44(48)51-35-38-32-37-33-40(38)42-34-41(37)42/h36-42H,5-35H2,1-4H3. The van der Waals surface area contributed by atoms with Crippen LogP contribution in [0.3, 0.4) is 0 Å². The first-order valence-electron chi connectivity index (χ1n) is 22.5. The molecule has 0 saturated heterocycles. The molecular formula is C45H81NO6. The average Bonchev–Trinajstić information content (AvgIpc) is 3.72. The maximum absolute atomic E-state index is 12.6. The predicted molar refractivity (Wildman–Crippen MR) is 212 cm³/mol. The van der Waals surface area contributed by atoms with Gasteiger partial charge >= 0.3 is 17.9 Å². The van der Waals surface area contributed by atoms with Gasteiger partial charge in [-0.05, 0) is 127 Å². The molecule has 0 heterocycles. The van der Waals surface area contributed by atoms with Gasteiger partial charge in [0.15, 0.2) is 0 Å². The summed E-state index contributed by atoms with van der Waals surface area (Å²) in [6.45, 7) is 6.64. The first-order valence-corrected chi connectivity index (χ1v) is 22.5. The zero-order valence-corrected chi connectivity index (χ0v) is 34.4. The van der Waals surface area contributed by atoms with Gasteiger partial charge < -0.3 is 19.1 Å². The van der Waals surface area contributed by atoms with Crippen molar-refractivity contribution in [1.82, 2.24) is 4.90 Å². The number of carbonyl (C=O) groups excluding carboxylic acids is 3. The molecule has 3 saturated carbocycles. The van der Waals surface area contributed by atoms with Crippen molar-refractivity contribution in [1.29, 1.82) is 0 Å². The van der Waals surface area contributed by atoms with E-state index in [1.54, 1.807) is 0 Å². The maximum atomic E-state index is 12.6. The molecule has 3 fully saturated rings. The SMILES string of the molecule is CCCCCC(CCCCC)CCOC(=O)CCCCCCCC(CCCCCCCC(=O)OCC1CC2CC1C1CC21)OC(=O)CCCN(C)C. The van der Waals surface area contributed by atoms with Crippen LogP contribution in [0.25, 0.3) is 0 Å². The summed E-state index contributed by atoms with van der Waals surface area (Å²) in [6, 6.07) is 0. The molecule has 7 nitrogen and oxygen atoms in total. The van der Waals surface area contributed by atoms with E-state index in [4.69, 9.17) is 14.2 Å². The molecule has 3 aliphatic rings. The summed E-state index contributed by atoms with van der Waals surface area (Å²) >= 11 is 0. The lowest BCUT2D eigenvalue weighted by atomic mass is 9.89. The predicted octanol–water partition coefficient (Wildman–Crippen LogP) is 11.2. The number of unbranched alkanes of at least 4 members (excludes halogenated alkanes) is 12. The fourth-order valence-corrected chi connectivity index (χ4v) is 9.41. The van der Waals surface area contributed by atoms with Gasteiger partial charge in [0.05, 0.1) is 13.2 Å². The fourth-order valence-electron chi connectivity index (χ4n) is 9.41. The number of esters is 3. The Kier molecular flexibility index (Phi) is 23.3. The molecule has 0 radical (unpaired) electrons. The quantitative estimate of drug-likeness (QED) is 0.0370. The van der Waals surface area contributed by atoms with Crippen LogP contribution in [0, 0.1) is 35.5 Å². The van der Waals surface area contributed by atoms with Crippen LogP contribution in [0.2, 0.25) is 0 Å². The van der Waals surface area contributed by atoms with Gasteiger partial charge in [-0.25, -0.2) is 0 Å². The molecule has 302 valence electrons. The molecule has 0 aromatic rings. The summed E-state index contributed by atoms with van der Waals surface area (Å²) in [4.78, 5) is 39.4. The molecule has 3 aliphatic carbocycles. The Morgan fingerprint density at radius 2 is 1.12 bits per heavy atom. The van der Waals surface area contributed by atoms with E-state index in [1.165, 1.54) is 70.6 Å². The number of rotatable bonds is 34. The maximum Gasteiger partial charge on any atom is 0.306 e. The van der Waals surface area contributed by atoms with Crippen LogP contribution in [0.15, 0.2) is 0 Å². The van der Waals surface area contributed by atoms with Crippen LogP contribution in [0.4, 0.5) is 0 Å². The molecule has 0 amide bonds. The molecule has 0 aliphatic heterocycles. The van der Waals surface area contributed by atoms with Crippen molar-refractivity contribution in [3.63, 3.8) is 0 Å². The molecule has 2 bridgehead atoms. The lowest BCUT2D eigenvalue weighted by molar-refractivity contribution is -0.150. The van der Waals surface area contributed by atoms with E-state index in [9.17, 15) is 14.4 Å². The van der Waals surface area contributed by atoms with E-state index in [-0.39, 0.29) is 24.0 Å². The average molecular weight is 732 g/mol. The van der Waals surface area contributed by atoms with Gasteiger partial charge in [-0.2, -0.15) is 0 Å². The summed E-state index contributed by atoms with van der Waals surface area (Å²) in [5.41, 5.74) is 0. The molecule has 0 N–H and O–H groups in total. The van der Waals surface area contributed by atoms with E-state index in [0.29, 0.717) is 44.3 Å². The van der Waals surface area contributed by atoms with E-state index >= 15 is 0 Å². The van der Waals surface area contributed by atoms with Crippen molar-refractivity contribution in [2.75, 3.05) is 33.9 Å². The second-order valence-electron chi connectivity index (χ2n) is 17.4. The number of hydrogen-bond acceptors (Lipinski definition) is 7. The summed E-state index contributed by atoms with van der Waals surface area (Å²) in [6.07, 6.45) is 29.9. The van der Waals surface area contributed by atoms with Gasteiger partial charge in [-0.1, -0.05) is 104 Å². The molecule has 0 spiro atoms. The molecule has 0 aromatic carbocycles. The number of carbonyl (C=O) groups is 3. The highest BCUT2D eigenvalue weighted by molar-refractivity contribution is 5.70. The van der Waals surface area contributed by atoms with Gasteiger partial charge in [-0.15, -0.1) is 0 Å². The fraction of sp³-hybridized carbons (Fsp3) is 0.933. The third-order valence-corrected chi connectivity index (χ3v) is 12.6. The summed E-state index contributed by atoms with van der Waals surface area (Å²) in [7, 11) is 4.06. The number of fused-ring (bicyclic) bond motifs is 5. The molecule has 0 aromatic heterocycles. The van der Waals surface area contributed by atoms with E-state index in [1.807, 2.05) is 14.1 Å². The first kappa shape index (κ1) is 44.8. The van der Waals surface area contributed by atoms with Crippen LogP contribution in [-0.4, -0.2) is 62.8 Å². The molecule has 52 heavy (non-hydrogen) atoms. The van der Waals surface area contributed by atoms with E-state index < -0.39 is 0 Å². The van der Waals surface area contributed by atoms with E-state index in [0.717, 1.165) is 120 Å². The Hall–Kier alpha value is -1.63. The summed E-state index contributed by atoms with van der Waals surface area (Å²) in [5, 5.41) is 0. The largest absolute Gasteiger partial charge is 0.466 e. The van der Waals surface area contributed by atoms with Gasteiger partial charge in [-0.3, -0.25) is 14.4 Å². The lowest BCUT2D eigenvalue weighted by Crippen LogP contribution is -2.20. The Morgan fingerprint density at radius 3 is 1.69 bits per heavy atom. The van der Waals surface area contributed by atoms with Gasteiger partial charge in [0.2, 0.25) is 0 Å². The second-order valence-corrected chi connectivity index (χ2v) is 17.4. The van der Waals surface area contributed by atoms with E-state index in [2.05, 4.69) is 18.7 Å². The normalized spacial score (nSPS) is 22.2. The van der Waals surface area contributed by atoms with Crippen molar-refractivity contribution in [2.45, 2.75) is 200 Å². The summed E-state index contributed by atoms with van der Waals surface area (Å²) in [5.74, 6) is 4.99. The third kappa shape index (κ3) is 19.1. The Balaban J connectivity index is 1.20. The first-order chi connectivity index (χ1) is 25.3. The zero-order chi connectivity index (χ0) is 37.4. The molecule has 6 unspecified atom stereocenters. The topological polar surface area (TPSA) is 82.1 Å². The minimum absolute atomic E-state index is 0.00835. The van der Waals surface area contributed by atoms with Crippen LogP contribution in [0.5, 0.6) is 0 Å². The highest BCUT2D eigenvalue weighted by atomic mass is 16.5. The van der Waals surface area contributed by atoms with Crippen LogP contribution in [-0.2, 0) is 28.6 Å². The Bertz CT molecular complexity index is 959. The molecule has 3 rings (SSSR count). The van der Waals surface area contributed by atoms with Crippen molar-refractivity contribution in [2.24, 2.45) is 35.5 Å². The Morgan fingerprint density at radius 1 is 0.558 bits per heavy atom. The lowest BCUT2D eigenvalue weighted by Gasteiger charge is -2.21. The minimum Gasteiger partial charge on any atom is -0.466 e. The van der Waals surface area contributed by atoms with Crippen LogP contribution >= 0.6 is 0 Å². The highest BCUT2D eigenvalue weighted by Gasteiger charge is 2.60. The molecule has 7 heteroatoms. The Labute approximate surface area is 319 Å². The number of hydrogen-bond donors (Lipinski definition) is 0. The van der Waals surface area contributed by atoms with Gasteiger partial charge in [0.25, 0.3) is 0 Å². The monoisotopic (exact) mass is 732 g/mol. The molecular weight excluding hydrogens is 650 g/mol. The number of ether oxygens (including phenoxy) is 3. The second kappa shape index (κ2) is 27.0. The van der Waals surface area contributed by atoms with Gasteiger partial charge in [0, 0.05) is 19.3 Å². The zero-order valence-electron chi connectivity index (χ0n) is 34.4. The van der Waals surface area contributed by atoms with Crippen molar-refractivity contribution < 1.29 is 28.6 Å². The third-order valence-electron chi connectivity index (χ3n) is 12.6. The highest BCUT2D eigenvalue weighted by Crippen LogP contribution is 2.67. The molecule has 6 atom stereocenters. The van der Waals surface area contributed by atoms with Gasteiger partial charge in [0.1, 0.15) is 6.10 Å². The van der Waals surface area contributed by atoms with Crippen LogP contribution in [0.1, 0.15) is 194 Å².